The van der Waals surface area contributed by atoms with Gasteiger partial charge in [-0.05, 0) is 42.2 Å². The third kappa shape index (κ3) is 4.47. The maximum atomic E-state index is 12.2. The Hall–Kier alpha value is -3.15. The zero-order chi connectivity index (χ0) is 18.5. The number of aliphatic carboxylic acids is 1. The van der Waals surface area contributed by atoms with Crippen LogP contribution in [0.25, 0.3) is 0 Å². The molecule has 26 heavy (non-hydrogen) atoms. The minimum atomic E-state index is -0.894. The van der Waals surface area contributed by atoms with E-state index in [0.717, 1.165) is 11.3 Å². The van der Waals surface area contributed by atoms with Crippen molar-refractivity contribution in [3.8, 4) is 0 Å². The quantitative estimate of drug-likeness (QED) is 0.745. The van der Waals surface area contributed by atoms with Crippen LogP contribution in [0.1, 0.15) is 24.0 Å². The molecule has 0 aliphatic carbocycles. The molecule has 134 valence electrons. The van der Waals surface area contributed by atoms with Gasteiger partial charge in [0.05, 0.1) is 6.42 Å². The molecule has 6 nitrogen and oxygen atoms in total. The van der Waals surface area contributed by atoms with Crippen LogP contribution in [0.5, 0.6) is 0 Å². The lowest BCUT2D eigenvalue weighted by molar-refractivity contribution is -0.136. The second-order valence-electron chi connectivity index (χ2n) is 6.40. The highest BCUT2D eigenvalue weighted by atomic mass is 16.4. The molecule has 3 rings (SSSR count). The molecule has 0 spiro atoms. The predicted octanol–water partition coefficient (Wildman–Crippen LogP) is 2.84. The second kappa shape index (κ2) is 7.82. The fourth-order valence-electron chi connectivity index (χ4n) is 3.06. The normalized spacial score (nSPS) is 15.7. The van der Waals surface area contributed by atoms with Crippen LogP contribution < -0.4 is 10.6 Å². The number of rotatable bonds is 6. The first-order chi connectivity index (χ1) is 12.5. The number of carboxylic acids is 1. The summed E-state index contributed by atoms with van der Waals surface area (Å²) >= 11 is 0. The largest absolute Gasteiger partial charge is 0.481 e. The zero-order valence-electron chi connectivity index (χ0n) is 14.2. The van der Waals surface area contributed by atoms with E-state index in [1.807, 2.05) is 24.3 Å². The standard InChI is InChI=1S/C20H20N2O4/c23-18(21-16-8-5-13(6-9-16)11-19(24)25)10-7-15-12-14-3-1-2-4-17(14)22-20(15)26/h1-6,8-9,15H,7,10-12H2,(H,21,23)(H,22,26)(H,24,25). The van der Waals surface area contributed by atoms with E-state index < -0.39 is 5.97 Å². The molecular weight excluding hydrogens is 332 g/mol. The van der Waals surface area contributed by atoms with Gasteiger partial charge < -0.3 is 15.7 Å². The third-order valence-corrected chi connectivity index (χ3v) is 4.43. The minimum absolute atomic E-state index is 0.0467. The van der Waals surface area contributed by atoms with Crippen LogP contribution >= 0.6 is 0 Å². The number of hydrogen-bond donors (Lipinski definition) is 3. The van der Waals surface area contributed by atoms with Gasteiger partial charge in [0.15, 0.2) is 0 Å². The Morgan fingerprint density at radius 1 is 1.12 bits per heavy atom. The van der Waals surface area contributed by atoms with Crippen LogP contribution in [0.3, 0.4) is 0 Å². The number of carbonyl (C=O) groups excluding carboxylic acids is 2. The van der Waals surface area contributed by atoms with Crippen molar-refractivity contribution >= 4 is 29.2 Å². The molecule has 1 aliphatic rings. The van der Waals surface area contributed by atoms with Gasteiger partial charge in [0.25, 0.3) is 0 Å². The predicted molar refractivity (Wildman–Crippen MR) is 97.9 cm³/mol. The SMILES string of the molecule is O=C(O)Cc1ccc(NC(=O)CCC2Cc3ccccc3NC2=O)cc1. The number of nitrogens with one attached hydrogen (secondary N) is 2. The fraction of sp³-hybridized carbons (Fsp3) is 0.250. The smallest absolute Gasteiger partial charge is 0.307 e. The summed E-state index contributed by atoms with van der Waals surface area (Å²) in [7, 11) is 0. The molecule has 2 amide bonds. The Balaban J connectivity index is 1.51. The van der Waals surface area contributed by atoms with Gasteiger partial charge in [-0.1, -0.05) is 30.3 Å². The highest BCUT2D eigenvalue weighted by Gasteiger charge is 2.26. The van der Waals surface area contributed by atoms with Crippen molar-refractivity contribution in [2.75, 3.05) is 10.6 Å². The number of anilines is 2. The Morgan fingerprint density at radius 3 is 2.58 bits per heavy atom. The van der Waals surface area contributed by atoms with Gasteiger partial charge in [0.1, 0.15) is 0 Å². The van der Waals surface area contributed by atoms with Crippen molar-refractivity contribution in [2.45, 2.75) is 25.7 Å². The van der Waals surface area contributed by atoms with E-state index in [2.05, 4.69) is 10.6 Å². The highest BCUT2D eigenvalue weighted by Crippen LogP contribution is 2.27. The van der Waals surface area contributed by atoms with Crippen LogP contribution in [0.2, 0.25) is 0 Å². The van der Waals surface area contributed by atoms with E-state index in [-0.39, 0.29) is 30.6 Å². The number of para-hydroxylation sites is 1. The van der Waals surface area contributed by atoms with Crippen LogP contribution in [0, 0.1) is 5.92 Å². The molecule has 1 heterocycles. The lowest BCUT2D eigenvalue weighted by atomic mass is 9.89. The summed E-state index contributed by atoms with van der Waals surface area (Å²) in [6.07, 6.45) is 1.31. The lowest BCUT2D eigenvalue weighted by Crippen LogP contribution is -2.30. The summed E-state index contributed by atoms with van der Waals surface area (Å²) in [6.45, 7) is 0. The summed E-state index contributed by atoms with van der Waals surface area (Å²) in [6, 6.07) is 14.4. The van der Waals surface area contributed by atoms with Gasteiger partial charge in [0, 0.05) is 23.7 Å². The van der Waals surface area contributed by atoms with Crippen LogP contribution in [-0.4, -0.2) is 22.9 Å². The molecular formula is C20H20N2O4. The monoisotopic (exact) mass is 352 g/mol. The Labute approximate surface area is 151 Å². The summed E-state index contributed by atoms with van der Waals surface area (Å²) in [5.74, 6) is -1.32. The molecule has 0 bridgehead atoms. The van der Waals surface area contributed by atoms with E-state index in [1.54, 1.807) is 24.3 Å². The third-order valence-electron chi connectivity index (χ3n) is 4.43. The molecule has 1 unspecified atom stereocenters. The first kappa shape index (κ1) is 17.7. The molecule has 1 aliphatic heterocycles. The molecule has 0 saturated heterocycles. The molecule has 3 N–H and O–H groups in total. The maximum absolute atomic E-state index is 12.2. The van der Waals surface area contributed by atoms with Gasteiger partial charge in [0.2, 0.25) is 11.8 Å². The summed E-state index contributed by atoms with van der Waals surface area (Å²) in [5, 5.41) is 14.4. The van der Waals surface area contributed by atoms with Gasteiger partial charge in [-0.2, -0.15) is 0 Å². The van der Waals surface area contributed by atoms with Crippen molar-refractivity contribution in [3.05, 3.63) is 59.7 Å². The number of carboxylic acid groups (broad SMARTS) is 1. The Morgan fingerprint density at radius 2 is 1.85 bits per heavy atom. The molecule has 6 heteroatoms. The fourth-order valence-corrected chi connectivity index (χ4v) is 3.06. The average Bonchev–Trinajstić information content (AvgIpc) is 2.61. The van der Waals surface area contributed by atoms with Gasteiger partial charge in [-0.3, -0.25) is 14.4 Å². The van der Waals surface area contributed by atoms with Crippen molar-refractivity contribution in [1.82, 2.24) is 0 Å². The number of carbonyl (C=O) groups is 3. The highest BCUT2D eigenvalue weighted by molar-refractivity contribution is 5.96. The molecule has 0 radical (unpaired) electrons. The van der Waals surface area contributed by atoms with E-state index in [4.69, 9.17) is 5.11 Å². The van der Waals surface area contributed by atoms with E-state index >= 15 is 0 Å². The first-order valence-corrected chi connectivity index (χ1v) is 8.50. The average molecular weight is 352 g/mol. The van der Waals surface area contributed by atoms with Crippen LogP contribution in [0.4, 0.5) is 11.4 Å². The van der Waals surface area contributed by atoms with Crippen LogP contribution in [0.15, 0.2) is 48.5 Å². The Kier molecular flexibility index (Phi) is 5.31. The number of amides is 2. The molecule has 0 aromatic heterocycles. The molecule has 0 saturated carbocycles. The maximum Gasteiger partial charge on any atom is 0.307 e. The van der Waals surface area contributed by atoms with Crippen molar-refractivity contribution in [1.29, 1.82) is 0 Å². The topological polar surface area (TPSA) is 95.5 Å². The van der Waals surface area contributed by atoms with E-state index in [0.29, 0.717) is 24.1 Å². The zero-order valence-corrected chi connectivity index (χ0v) is 14.2. The van der Waals surface area contributed by atoms with E-state index in [1.165, 1.54) is 0 Å². The van der Waals surface area contributed by atoms with Gasteiger partial charge >= 0.3 is 5.97 Å². The first-order valence-electron chi connectivity index (χ1n) is 8.50. The van der Waals surface area contributed by atoms with E-state index in [9.17, 15) is 14.4 Å². The summed E-state index contributed by atoms with van der Waals surface area (Å²) < 4.78 is 0. The lowest BCUT2D eigenvalue weighted by Gasteiger charge is -2.24. The number of benzene rings is 2. The second-order valence-corrected chi connectivity index (χ2v) is 6.40. The van der Waals surface area contributed by atoms with Crippen molar-refractivity contribution < 1.29 is 19.5 Å². The van der Waals surface area contributed by atoms with Crippen molar-refractivity contribution in [2.24, 2.45) is 5.92 Å². The Bertz CT molecular complexity index is 830. The van der Waals surface area contributed by atoms with Gasteiger partial charge in [-0.25, -0.2) is 0 Å². The summed E-state index contributed by atoms with van der Waals surface area (Å²) in [5.41, 5.74) is 3.22. The number of hydrogen-bond acceptors (Lipinski definition) is 3. The molecule has 2 aromatic rings. The summed E-state index contributed by atoms with van der Waals surface area (Å²) in [4.78, 5) is 35.0. The molecule has 1 atom stereocenters. The van der Waals surface area contributed by atoms with Crippen molar-refractivity contribution in [3.63, 3.8) is 0 Å². The molecule has 2 aromatic carbocycles. The van der Waals surface area contributed by atoms with Gasteiger partial charge in [-0.15, -0.1) is 0 Å². The number of fused-ring (bicyclic) bond motifs is 1. The molecule has 0 fully saturated rings. The minimum Gasteiger partial charge on any atom is -0.481 e. The van der Waals surface area contributed by atoms with Crippen LogP contribution in [-0.2, 0) is 27.2 Å².